The number of rotatable bonds is 7. The fourth-order valence-corrected chi connectivity index (χ4v) is 2.08. The fourth-order valence-electron chi connectivity index (χ4n) is 2.08. The molecule has 1 unspecified atom stereocenters. The minimum atomic E-state index is -3.11. The van der Waals surface area contributed by atoms with Crippen molar-refractivity contribution in [1.82, 2.24) is 5.32 Å². The average molecular weight is 351 g/mol. The molecule has 0 aliphatic carbocycles. The lowest BCUT2D eigenvalue weighted by atomic mass is 10.2. The van der Waals surface area contributed by atoms with Crippen molar-refractivity contribution in [3.63, 3.8) is 0 Å². The lowest BCUT2D eigenvalue weighted by molar-refractivity contribution is 0.0118. The Kier molecular flexibility index (Phi) is 7.67. The lowest BCUT2D eigenvalue weighted by Gasteiger charge is -2.15. The van der Waals surface area contributed by atoms with Crippen molar-refractivity contribution in [1.29, 1.82) is 0 Å². The van der Waals surface area contributed by atoms with Gasteiger partial charge in [-0.15, -0.1) is 12.4 Å². The monoisotopic (exact) mass is 350 g/mol. The van der Waals surface area contributed by atoms with Gasteiger partial charge in [-0.1, -0.05) is 6.07 Å². The number of ether oxygens (including phenoxy) is 2. The molecule has 23 heavy (non-hydrogen) atoms. The minimum Gasteiger partial charge on any atom is -0.491 e. The van der Waals surface area contributed by atoms with Gasteiger partial charge in [0.25, 0.3) is 11.8 Å². The summed E-state index contributed by atoms with van der Waals surface area (Å²) in [4.78, 5) is 11.9. The Balaban J connectivity index is 0.00000264. The second-order valence-corrected chi connectivity index (χ2v) is 5.22. The summed E-state index contributed by atoms with van der Waals surface area (Å²) >= 11 is 0. The van der Waals surface area contributed by atoms with Gasteiger partial charge in [0.2, 0.25) is 0 Å². The van der Waals surface area contributed by atoms with Crippen molar-refractivity contribution in [3.8, 4) is 5.75 Å². The zero-order chi connectivity index (χ0) is 16.0. The van der Waals surface area contributed by atoms with E-state index in [0.717, 1.165) is 19.4 Å². The first-order valence-electron chi connectivity index (χ1n) is 7.21. The third-order valence-corrected chi connectivity index (χ3v) is 3.36. The first-order chi connectivity index (χ1) is 10.5. The van der Waals surface area contributed by atoms with E-state index >= 15 is 0 Å². The summed E-state index contributed by atoms with van der Waals surface area (Å²) in [5.74, 6) is -3.19. The quantitative estimate of drug-likeness (QED) is 0.788. The largest absolute Gasteiger partial charge is 0.491 e. The highest BCUT2D eigenvalue weighted by Gasteiger charge is 2.27. The van der Waals surface area contributed by atoms with Crippen molar-refractivity contribution in [2.75, 3.05) is 26.3 Å². The highest BCUT2D eigenvalue weighted by molar-refractivity contribution is 5.94. The predicted molar refractivity (Wildman–Crippen MR) is 84.5 cm³/mol. The molecule has 1 fully saturated rings. The summed E-state index contributed by atoms with van der Waals surface area (Å²) in [6.07, 6.45) is 2.04. The van der Waals surface area contributed by atoms with Gasteiger partial charge >= 0.3 is 0 Å². The van der Waals surface area contributed by atoms with Gasteiger partial charge in [0, 0.05) is 12.2 Å². The number of nitrogens with two attached hydrogens (primary N) is 1. The van der Waals surface area contributed by atoms with Gasteiger partial charge < -0.3 is 20.5 Å². The zero-order valence-corrected chi connectivity index (χ0v) is 13.4. The summed E-state index contributed by atoms with van der Waals surface area (Å²) in [5.41, 5.74) is 5.18. The lowest BCUT2D eigenvalue weighted by Crippen LogP contribution is -2.41. The summed E-state index contributed by atoms with van der Waals surface area (Å²) in [5, 5.41) is 2.17. The van der Waals surface area contributed by atoms with E-state index < -0.39 is 24.9 Å². The van der Waals surface area contributed by atoms with Crippen molar-refractivity contribution in [3.05, 3.63) is 29.8 Å². The van der Waals surface area contributed by atoms with Gasteiger partial charge in [0.05, 0.1) is 19.2 Å². The number of alkyl halides is 2. The van der Waals surface area contributed by atoms with Crippen LogP contribution in [0.3, 0.4) is 0 Å². The number of amides is 1. The average Bonchev–Trinajstić information content (AvgIpc) is 3.04. The normalized spacial score (nSPS) is 17.4. The molecule has 1 amide bonds. The number of hydrogen-bond donors (Lipinski definition) is 2. The number of carbonyl (C=O) groups excluding carboxylic acids is 1. The predicted octanol–water partition coefficient (Wildman–Crippen LogP) is 1.99. The van der Waals surface area contributed by atoms with E-state index in [4.69, 9.17) is 15.2 Å². The molecule has 1 atom stereocenters. The number of hydrogen-bond acceptors (Lipinski definition) is 4. The maximum absolute atomic E-state index is 13.0. The maximum atomic E-state index is 13.0. The first-order valence-corrected chi connectivity index (χ1v) is 7.21. The van der Waals surface area contributed by atoms with Gasteiger partial charge in [-0.25, -0.2) is 8.78 Å². The molecule has 0 bridgehead atoms. The Bertz CT molecular complexity index is 511. The molecule has 0 saturated carbocycles. The Hall–Kier alpha value is -1.44. The number of carbonyl (C=O) groups is 1. The van der Waals surface area contributed by atoms with Gasteiger partial charge in [0.1, 0.15) is 12.4 Å². The standard InChI is InChI=1S/C15H20F2N2O3.ClH/c16-15(17,9-18)10-19-14(20)11-3-1-4-12(7-11)22-8-13-5-2-6-21-13;/h1,3-4,7,13H,2,5-6,8-10,18H2,(H,19,20);1H. The van der Waals surface area contributed by atoms with Crippen LogP contribution in [0.1, 0.15) is 23.2 Å². The summed E-state index contributed by atoms with van der Waals surface area (Å²) in [6, 6.07) is 6.40. The van der Waals surface area contributed by atoms with Crippen molar-refractivity contribution in [2.24, 2.45) is 5.73 Å². The molecule has 2 rings (SSSR count). The molecule has 5 nitrogen and oxygen atoms in total. The fraction of sp³-hybridized carbons (Fsp3) is 0.533. The summed E-state index contributed by atoms with van der Waals surface area (Å²) in [7, 11) is 0. The maximum Gasteiger partial charge on any atom is 0.277 e. The molecule has 1 heterocycles. The molecular weight excluding hydrogens is 330 g/mol. The molecule has 3 N–H and O–H groups in total. The van der Waals surface area contributed by atoms with Crippen LogP contribution in [-0.2, 0) is 4.74 Å². The van der Waals surface area contributed by atoms with E-state index in [1.165, 1.54) is 12.1 Å². The Morgan fingerprint density at radius 3 is 2.91 bits per heavy atom. The molecule has 8 heteroatoms. The second-order valence-electron chi connectivity index (χ2n) is 5.22. The molecule has 1 aromatic rings. The number of nitrogens with one attached hydrogen (secondary N) is 1. The van der Waals surface area contributed by atoms with Crippen LogP contribution in [0.4, 0.5) is 8.78 Å². The molecule has 130 valence electrons. The minimum absolute atomic E-state index is 0. The number of benzene rings is 1. The third-order valence-electron chi connectivity index (χ3n) is 3.36. The van der Waals surface area contributed by atoms with Crippen LogP contribution in [-0.4, -0.2) is 44.2 Å². The van der Waals surface area contributed by atoms with Crippen LogP contribution in [0.2, 0.25) is 0 Å². The molecule has 0 spiro atoms. The summed E-state index contributed by atoms with van der Waals surface area (Å²) in [6.45, 7) is -0.441. The highest BCUT2D eigenvalue weighted by Crippen LogP contribution is 2.17. The molecule has 1 saturated heterocycles. The van der Waals surface area contributed by atoms with Gasteiger partial charge in [-0.2, -0.15) is 0 Å². The number of halogens is 3. The van der Waals surface area contributed by atoms with E-state index in [9.17, 15) is 13.6 Å². The van der Waals surface area contributed by atoms with Crippen molar-refractivity contribution >= 4 is 18.3 Å². The van der Waals surface area contributed by atoms with E-state index in [1.54, 1.807) is 12.1 Å². The van der Waals surface area contributed by atoms with Crippen molar-refractivity contribution < 1.29 is 23.0 Å². The zero-order valence-electron chi connectivity index (χ0n) is 12.6. The van der Waals surface area contributed by atoms with Gasteiger partial charge in [0.15, 0.2) is 0 Å². The van der Waals surface area contributed by atoms with Crippen LogP contribution in [0.25, 0.3) is 0 Å². The molecule has 1 aliphatic rings. The molecule has 0 radical (unpaired) electrons. The van der Waals surface area contributed by atoms with E-state index in [1.807, 2.05) is 0 Å². The summed E-state index contributed by atoms with van der Waals surface area (Å²) < 4.78 is 37.1. The topological polar surface area (TPSA) is 73.6 Å². The third kappa shape index (κ3) is 6.29. The Labute approximate surface area is 139 Å². The van der Waals surface area contributed by atoms with Gasteiger partial charge in [-0.3, -0.25) is 4.79 Å². The second kappa shape index (κ2) is 9.00. The van der Waals surface area contributed by atoms with Crippen molar-refractivity contribution in [2.45, 2.75) is 24.9 Å². The van der Waals surface area contributed by atoms with Crippen LogP contribution in [0.5, 0.6) is 5.75 Å². The Morgan fingerprint density at radius 1 is 1.48 bits per heavy atom. The molecule has 1 aliphatic heterocycles. The van der Waals surface area contributed by atoms with E-state index in [-0.39, 0.29) is 24.1 Å². The molecule has 1 aromatic carbocycles. The molecular formula is C15H21ClF2N2O3. The Morgan fingerprint density at radius 2 is 2.26 bits per heavy atom. The van der Waals surface area contributed by atoms with Crippen LogP contribution in [0, 0.1) is 0 Å². The molecule has 0 aromatic heterocycles. The van der Waals surface area contributed by atoms with E-state index in [0.29, 0.717) is 12.4 Å². The van der Waals surface area contributed by atoms with Crippen LogP contribution >= 0.6 is 12.4 Å². The SMILES string of the molecule is Cl.NCC(F)(F)CNC(=O)c1cccc(OCC2CCCO2)c1. The first kappa shape index (κ1) is 19.6. The van der Waals surface area contributed by atoms with E-state index in [2.05, 4.69) is 5.32 Å². The van der Waals surface area contributed by atoms with Gasteiger partial charge in [-0.05, 0) is 31.0 Å². The van der Waals surface area contributed by atoms with Crippen LogP contribution in [0.15, 0.2) is 24.3 Å². The van der Waals surface area contributed by atoms with Crippen LogP contribution < -0.4 is 15.8 Å². The smallest absolute Gasteiger partial charge is 0.277 e. The highest BCUT2D eigenvalue weighted by atomic mass is 35.5.